The molecule has 0 radical (unpaired) electrons. The summed E-state index contributed by atoms with van der Waals surface area (Å²) >= 11 is 0. The van der Waals surface area contributed by atoms with Crippen LogP contribution in [0.4, 0.5) is 0 Å². The molecule has 1 aromatic rings. The third-order valence-corrected chi connectivity index (χ3v) is 5.99. The summed E-state index contributed by atoms with van der Waals surface area (Å²) in [4.78, 5) is 12.5. The summed E-state index contributed by atoms with van der Waals surface area (Å²) in [5.41, 5.74) is 1.19. The van der Waals surface area contributed by atoms with E-state index in [-0.39, 0.29) is 11.9 Å². The molecular formula is C21H30O2. The fourth-order valence-corrected chi connectivity index (χ4v) is 4.68. The van der Waals surface area contributed by atoms with Gasteiger partial charge in [-0.05, 0) is 68.9 Å². The van der Waals surface area contributed by atoms with E-state index >= 15 is 0 Å². The summed E-state index contributed by atoms with van der Waals surface area (Å²) in [6, 6.07) is 7.78. The second-order valence-electron chi connectivity index (χ2n) is 7.73. The molecule has 0 aromatic heterocycles. The van der Waals surface area contributed by atoms with Gasteiger partial charge < -0.3 is 4.74 Å². The first-order valence-corrected chi connectivity index (χ1v) is 9.44. The number of rotatable bonds is 4. The summed E-state index contributed by atoms with van der Waals surface area (Å²) in [6.07, 6.45) is 10.1. The predicted octanol–water partition coefficient (Wildman–Crippen LogP) is 5.53. The molecule has 0 saturated heterocycles. The van der Waals surface area contributed by atoms with Crippen molar-refractivity contribution < 1.29 is 9.53 Å². The molecule has 23 heavy (non-hydrogen) atoms. The van der Waals surface area contributed by atoms with Crippen molar-refractivity contribution in [1.82, 2.24) is 0 Å². The highest BCUT2D eigenvalue weighted by Crippen LogP contribution is 2.45. The molecule has 0 spiro atoms. The number of esters is 1. The van der Waals surface area contributed by atoms with Crippen LogP contribution in [0.3, 0.4) is 0 Å². The van der Waals surface area contributed by atoms with E-state index in [0.717, 1.165) is 30.6 Å². The van der Waals surface area contributed by atoms with Gasteiger partial charge in [0.15, 0.2) is 0 Å². The Labute approximate surface area is 140 Å². The van der Waals surface area contributed by atoms with E-state index in [0.29, 0.717) is 5.75 Å². The van der Waals surface area contributed by atoms with Crippen LogP contribution < -0.4 is 4.74 Å². The number of hydrogen-bond donors (Lipinski definition) is 0. The lowest BCUT2D eigenvalue weighted by molar-refractivity contribution is -0.141. The molecule has 2 aliphatic carbocycles. The summed E-state index contributed by atoms with van der Waals surface area (Å²) in [5.74, 6) is 3.35. The maximum atomic E-state index is 12.5. The fraction of sp³-hybridized carbons (Fsp3) is 0.667. The van der Waals surface area contributed by atoms with Gasteiger partial charge in [-0.2, -0.15) is 0 Å². The normalized spacial score (nSPS) is 30.5. The van der Waals surface area contributed by atoms with Gasteiger partial charge in [-0.1, -0.05) is 43.9 Å². The van der Waals surface area contributed by atoms with Gasteiger partial charge in [-0.15, -0.1) is 0 Å². The third-order valence-electron chi connectivity index (χ3n) is 5.99. The van der Waals surface area contributed by atoms with Crippen LogP contribution in [0.5, 0.6) is 5.75 Å². The molecule has 0 amide bonds. The minimum atomic E-state index is -0.0111. The summed E-state index contributed by atoms with van der Waals surface area (Å²) in [6.45, 7) is 4.34. The van der Waals surface area contributed by atoms with Crippen LogP contribution in [0.2, 0.25) is 0 Å². The lowest BCUT2D eigenvalue weighted by atomic mass is 9.64. The Balaban J connectivity index is 1.53. The molecular weight excluding hydrogens is 284 g/mol. The highest BCUT2D eigenvalue weighted by molar-refractivity contribution is 5.75. The van der Waals surface area contributed by atoms with Gasteiger partial charge in [0.2, 0.25) is 0 Å². The van der Waals surface area contributed by atoms with Crippen molar-refractivity contribution in [2.75, 3.05) is 0 Å². The highest BCUT2D eigenvalue weighted by atomic mass is 16.5. The summed E-state index contributed by atoms with van der Waals surface area (Å²) in [7, 11) is 0. The Bertz CT molecular complexity index is 519. The minimum absolute atomic E-state index is 0.0111. The molecule has 2 fully saturated rings. The molecule has 4 atom stereocenters. The average Bonchev–Trinajstić information content (AvgIpc) is 2.56. The molecule has 0 bridgehead atoms. The predicted molar refractivity (Wildman–Crippen MR) is 93.4 cm³/mol. The first-order valence-electron chi connectivity index (χ1n) is 9.44. The smallest absolute Gasteiger partial charge is 0.314 e. The molecule has 0 N–H and O–H groups in total. The second-order valence-corrected chi connectivity index (χ2v) is 7.73. The fourth-order valence-electron chi connectivity index (χ4n) is 4.68. The quantitative estimate of drug-likeness (QED) is 0.539. The molecule has 4 unspecified atom stereocenters. The van der Waals surface area contributed by atoms with E-state index in [9.17, 15) is 4.79 Å². The molecule has 0 aliphatic heterocycles. The highest BCUT2D eigenvalue weighted by Gasteiger charge is 2.38. The Morgan fingerprint density at radius 2 is 1.74 bits per heavy atom. The number of ether oxygens (including phenoxy) is 1. The van der Waals surface area contributed by atoms with Crippen LogP contribution in [0.25, 0.3) is 0 Å². The molecule has 2 heteroatoms. The number of aryl methyl sites for hydroxylation is 1. The minimum Gasteiger partial charge on any atom is -0.426 e. The van der Waals surface area contributed by atoms with Gasteiger partial charge in [-0.25, -0.2) is 0 Å². The van der Waals surface area contributed by atoms with Crippen molar-refractivity contribution in [2.45, 2.75) is 65.2 Å². The van der Waals surface area contributed by atoms with Crippen molar-refractivity contribution >= 4 is 5.97 Å². The molecule has 2 nitrogen and oxygen atoms in total. The first-order chi connectivity index (χ1) is 11.2. The van der Waals surface area contributed by atoms with Gasteiger partial charge in [0, 0.05) is 0 Å². The number of fused-ring (bicyclic) bond motifs is 1. The van der Waals surface area contributed by atoms with Crippen LogP contribution in [-0.2, 0) is 4.79 Å². The van der Waals surface area contributed by atoms with Gasteiger partial charge in [-0.3, -0.25) is 4.79 Å². The Morgan fingerprint density at radius 1 is 1.04 bits per heavy atom. The molecule has 126 valence electrons. The zero-order valence-corrected chi connectivity index (χ0v) is 14.6. The van der Waals surface area contributed by atoms with E-state index in [1.54, 1.807) is 0 Å². The zero-order valence-electron chi connectivity index (χ0n) is 14.6. The van der Waals surface area contributed by atoms with E-state index < -0.39 is 0 Å². The van der Waals surface area contributed by atoms with Gasteiger partial charge in [0.25, 0.3) is 0 Å². The van der Waals surface area contributed by atoms with Crippen LogP contribution in [0.1, 0.15) is 63.9 Å². The lowest BCUT2D eigenvalue weighted by Gasteiger charge is -2.41. The molecule has 1 aromatic carbocycles. The van der Waals surface area contributed by atoms with E-state index in [4.69, 9.17) is 4.74 Å². The largest absolute Gasteiger partial charge is 0.426 e. The zero-order chi connectivity index (χ0) is 16.2. The Morgan fingerprint density at radius 3 is 2.48 bits per heavy atom. The SMILES string of the molecule is CCCC1CCC2CC(C(=O)Oc3ccc(C)cc3)CCC2C1. The van der Waals surface area contributed by atoms with Crippen molar-refractivity contribution in [2.24, 2.45) is 23.7 Å². The van der Waals surface area contributed by atoms with Crippen molar-refractivity contribution in [3.05, 3.63) is 29.8 Å². The van der Waals surface area contributed by atoms with E-state index in [1.165, 1.54) is 44.1 Å². The standard InChI is InChI=1S/C21H30O2/c1-3-4-16-7-8-18-14-19(10-9-17(18)13-16)21(22)23-20-11-5-15(2)6-12-20/h5-6,11-12,16-19H,3-4,7-10,13-14H2,1-2H3. The van der Waals surface area contributed by atoms with Crippen molar-refractivity contribution in [1.29, 1.82) is 0 Å². The number of hydrogen-bond acceptors (Lipinski definition) is 2. The summed E-state index contributed by atoms with van der Waals surface area (Å²) in [5, 5.41) is 0. The van der Waals surface area contributed by atoms with Gasteiger partial charge in [0.1, 0.15) is 5.75 Å². The second kappa shape index (κ2) is 7.51. The molecule has 0 heterocycles. The van der Waals surface area contributed by atoms with Crippen molar-refractivity contribution in [3.63, 3.8) is 0 Å². The van der Waals surface area contributed by atoms with Gasteiger partial charge >= 0.3 is 5.97 Å². The van der Waals surface area contributed by atoms with Crippen LogP contribution in [0, 0.1) is 30.6 Å². The van der Waals surface area contributed by atoms with E-state index in [1.807, 2.05) is 31.2 Å². The number of carbonyl (C=O) groups is 1. The molecule has 2 saturated carbocycles. The third kappa shape index (κ3) is 4.16. The average molecular weight is 314 g/mol. The molecule has 3 rings (SSSR count). The van der Waals surface area contributed by atoms with Crippen LogP contribution >= 0.6 is 0 Å². The topological polar surface area (TPSA) is 26.3 Å². The summed E-state index contributed by atoms with van der Waals surface area (Å²) < 4.78 is 5.61. The van der Waals surface area contributed by atoms with Crippen LogP contribution in [0.15, 0.2) is 24.3 Å². The Hall–Kier alpha value is -1.31. The Kier molecular flexibility index (Phi) is 5.40. The van der Waals surface area contributed by atoms with Gasteiger partial charge in [0.05, 0.1) is 5.92 Å². The molecule has 2 aliphatic rings. The van der Waals surface area contributed by atoms with E-state index in [2.05, 4.69) is 6.92 Å². The lowest BCUT2D eigenvalue weighted by Crippen LogP contribution is -2.35. The maximum Gasteiger partial charge on any atom is 0.314 e. The first kappa shape index (κ1) is 16.5. The number of benzene rings is 1. The number of carbonyl (C=O) groups excluding carboxylic acids is 1. The maximum absolute atomic E-state index is 12.5. The van der Waals surface area contributed by atoms with Crippen molar-refractivity contribution in [3.8, 4) is 5.75 Å². The monoisotopic (exact) mass is 314 g/mol. The van der Waals surface area contributed by atoms with Crippen LogP contribution in [-0.4, -0.2) is 5.97 Å².